The molecule has 7 nitrogen and oxygen atoms in total. The largest absolute Gasteiger partial charge is 0.325 e. The van der Waals surface area contributed by atoms with Crippen LogP contribution in [-0.4, -0.2) is 33.5 Å². The number of amides is 2. The fraction of sp³-hybridized carbons (Fsp3) is 0.227. The average molecular weight is 441 g/mol. The van der Waals surface area contributed by atoms with Crippen LogP contribution in [0.4, 0.5) is 24.5 Å². The van der Waals surface area contributed by atoms with E-state index in [1.165, 1.54) is 41.4 Å². The van der Waals surface area contributed by atoms with Gasteiger partial charge in [0.15, 0.2) is 0 Å². The lowest BCUT2D eigenvalue weighted by Crippen LogP contribution is -2.40. The number of aromatic nitrogens is 3. The third kappa shape index (κ3) is 3.91. The first kappa shape index (κ1) is 21.4. The summed E-state index contributed by atoms with van der Waals surface area (Å²) in [7, 11) is 0. The molecule has 1 aliphatic heterocycles. The molecule has 3 heterocycles. The van der Waals surface area contributed by atoms with Crippen molar-refractivity contribution in [1.82, 2.24) is 15.2 Å². The molecule has 0 spiro atoms. The standard InChI is InChI=1S/C22H18F3N5O2/c1-11-9-16-18(21(25)27-11)15-7-8-26-29-19(15)12(2)22(32)30(16)10-17(31)28-14-5-3-13(4-6-14)20(23)24/h3-9,12,20H,10H2,1-2H3,(H,28,31)/t12-/m1/s1. The molecule has 0 unspecified atom stereocenters. The number of carbonyl (C=O) groups excluding carboxylic acids is 2. The minimum Gasteiger partial charge on any atom is -0.325 e. The zero-order chi connectivity index (χ0) is 23.0. The second kappa shape index (κ2) is 8.37. The van der Waals surface area contributed by atoms with Crippen molar-refractivity contribution in [2.45, 2.75) is 26.2 Å². The quantitative estimate of drug-likeness (QED) is 0.618. The Morgan fingerprint density at radius 2 is 1.94 bits per heavy atom. The number of pyridine rings is 1. The van der Waals surface area contributed by atoms with Gasteiger partial charge in [-0.25, -0.2) is 13.8 Å². The van der Waals surface area contributed by atoms with Gasteiger partial charge in [0, 0.05) is 22.5 Å². The molecule has 0 radical (unpaired) electrons. The summed E-state index contributed by atoms with van der Waals surface area (Å²) in [5, 5.41) is 10.4. The Balaban J connectivity index is 1.69. The predicted molar refractivity (Wildman–Crippen MR) is 111 cm³/mol. The number of benzene rings is 1. The van der Waals surface area contributed by atoms with Crippen LogP contribution in [0.2, 0.25) is 0 Å². The zero-order valence-electron chi connectivity index (χ0n) is 17.1. The summed E-state index contributed by atoms with van der Waals surface area (Å²) >= 11 is 0. The minimum atomic E-state index is -2.62. The maximum atomic E-state index is 14.9. The Kier molecular flexibility index (Phi) is 5.60. The lowest BCUT2D eigenvalue weighted by atomic mass is 9.99. The van der Waals surface area contributed by atoms with Crippen molar-refractivity contribution in [3.63, 3.8) is 0 Å². The van der Waals surface area contributed by atoms with E-state index < -0.39 is 36.7 Å². The molecule has 1 aliphatic rings. The number of aryl methyl sites for hydroxylation is 1. The first-order valence-corrected chi connectivity index (χ1v) is 9.74. The SMILES string of the molecule is Cc1cc2c(c(F)n1)-c1ccnnc1[C@@H](C)C(=O)N2CC(=O)Nc1ccc(C(F)F)cc1. The molecule has 10 heteroatoms. The van der Waals surface area contributed by atoms with Crippen molar-refractivity contribution in [2.24, 2.45) is 0 Å². The highest BCUT2D eigenvalue weighted by Crippen LogP contribution is 2.41. The Morgan fingerprint density at radius 3 is 2.62 bits per heavy atom. The van der Waals surface area contributed by atoms with Crippen LogP contribution in [0.15, 0.2) is 42.6 Å². The van der Waals surface area contributed by atoms with Gasteiger partial charge in [0.2, 0.25) is 17.8 Å². The topological polar surface area (TPSA) is 88.1 Å². The Morgan fingerprint density at radius 1 is 1.22 bits per heavy atom. The molecule has 0 saturated heterocycles. The molecule has 32 heavy (non-hydrogen) atoms. The number of hydrogen-bond donors (Lipinski definition) is 1. The van der Waals surface area contributed by atoms with E-state index in [1.807, 2.05) is 0 Å². The van der Waals surface area contributed by atoms with Gasteiger partial charge in [0.05, 0.1) is 29.1 Å². The van der Waals surface area contributed by atoms with E-state index >= 15 is 0 Å². The summed E-state index contributed by atoms with van der Waals surface area (Å²) in [6.45, 7) is 2.77. The van der Waals surface area contributed by atoms with Crippen LogP contribution in [0.3, 0.4) is 0 Å². The maximum Gasteiger partial charge on any atom is 0.263 e. The van der Waals surface area contributed by atoms with Crippen LogP contribution in [0.5, 0.6) is 0 Å². The van der Waals surface area contributed by atoms with Crippen molar-refractivity contribution in [3.05, 3.63) is 65.5 Å². The van der Waals surface area contributed by atoms with E-state index in [-0.39, 0.29) is 22.5 Å². The summed E-state index contributed by atoms with van der Waals surface area (Å²) in [5.74, 6) is -2.61. The van der Waals surface area contributed by atoms with E-state index in [0.29, 0.717) is 16.9 Å². The molecule has 1 atom stereocenters. The van der Waals surface area contributed by atoms with Gasteiger partial charge in [0.25, 0.3) is 6.43 Å². The second-order valence-corrected chi connectivity index (χ2v) is 7.40. The van der Waals surface area contributed by atoms with Crippen LogP contribution in [0, 0.1) is 12.9 Å². The molecule has 0 saturated carbocycles. The number of nitrogens with zero attached hydrogens (tertiary/aromatic N) is 4. The van der Waals surface area contributed by atoms with Crippen molar-refractivity contribution in [3.8, 4) is 11.1 Å². The summed E-state index contributed by atoms with van der Waals surface area (Å²) < 4.78 is 40.4. The van der Waals surface area contributed by atoms with Crippen LogP contribution in [0.25, 0.3) is 11.1 Å². The molecular formula is C22H18F3N5O2. The number of hydrogen-bond acceptors (Lipinski definition) is 5. The second-order valence-electron chi connectivity index (χ2n) is 7.40. The lowest BCUT2D eigenvalue weighted by Gasteiger charge is -2.24. The molecule has 2 amide bonds. The third-order valence-corrected chi connectivity index (χ3v) is 5.19. The van der Waals surface area contributed by atoms with E-state index in [1.54, 1.807) is 19.9 Å². The van der Waals surface area contributed by atoms with Crippen LogP contribution >= 0.6 is 0 Å². The Bertz CT molecular complexity index is 1200. The van der Waals surface area contributed by atoms with E-state index in [4.69, 9.17) is 0 Å². The van der Waals surface area contributed by atoms with Gasteiger partial charge in [-0.15, -0.1) is 0 Å². The van der Waals surface area contributed by atoms with Gasteiger partial charge in [-0.2, -0.15) is 14.6 Å². The Labute approximate surface area is 181 Å². The number of rotatable bonds is 4. The van der Waals surface area contributed by atoms with E-state index in [0.717, 1.165) is 0 Å². The van der Waals surface area contributed by atoms with Gasteiger partial charge < -0.3 is 10.2 Å². The molecule has 3 aromatic rings. The molecule has 2 aromatic heterocycles. The molecule has 1 aromatic carbocycles. The van der Waals surface area contributed by atoms with Crippen molar-refractivity contribution < 1.29 is 22.8 Å². The first-order valence-electron chi connectivity index (χ1n) is 9.74. The number of fused-ring (bicyclic) bond motifs is 3. The molecule has 164 valence electrons. The fourth-order valence-electron chi connectivity index (χ4n) is 3.64. The number of nitrogens with one attached hydrogen (secondary N) is 1. The van der Waals surface area contributed by atoms with Crippen LogP contribution in [-0.2, 0) is 9.59 Å². The summed E-state index contributed by atoms with van der Waals surface area (Å²) in [6, 6.07) is 8.18. The molecule has 0 bridgehead atoms. The van der Waals surface area contributed by atoms with Gasteiger partial charge >= 0.3 is 0 Å². The minimum absolute atomic E-state index is 0.0623. The predicted octanol–water partition coefficient (Wildman–Crippen LogP) is 4.01. The number of alkyl halides is 2. The summed E-state index contributed by atoms with van der Waals surface area (Å²) in [6.07, 6.45) is -1.23. The highest BCUT2D eigenvalue weighted by atomic mass is 19.3. The zero-order valence-corrected chi connectivity index (χ0v) is 17.1. The van der Waals surface area contributed by atoms with Crippen molar-refractivity contribution in [2.75, 3.05) is 16.8 Å². The smallest absolute Gasteiger partial charge is 0.263 e. The molecule has 1 N–H and O–H groups in total. The highest BCUT2D eigenvalue weighted by molar-refractivity contribution is 6.09. The maximum absolute atomic E-state index is 14.9. The normalized spacial score (nSPS) is 15.2. The van der Waals surface area contributed by atoms with Crippen molar-refractivity contribution >= 4 is 23.2 Å². The van der Waals surface area contributed by atoms with Gasteiger partial charge in [0.1, 0.15) is 6.54 Å². The van der Waals surface area contributed by atoms with Crippen LogP contribution in [0.1, 0.15) is 36.2 Å². The first-order chi connectivity index (χ1) is 15.3. The summed E-state index contributed by atoms with van der Waals surface area (Å²) in [4.78, 5) is 31.0. The average Bonchev–Trinajstić information content (AvgIpc) is 2.84. The monoisotopic (exact) mass is 441 g/mol. The van der Waals surface area contributed by atoms with Crippen LogP contribution < -0.4 is 10.2 Å². The third-order valence-electron chi connectivity index (χ3n) is 5.19. The highest BCUT2D eigenvalue weighted by Gasteiger charge is 2.35. The van der Waals surface area contributed by atoms with Gasteiger partial charge in [-0.3, -0.25) is 9.59 Å². The number of anilines is 2. The molecule has 0 aliphatic carbocycles. The van der Waals surface area contributed by atoms with Gasteiger partial charge in [-0.05, 0) is 38.1 Å². The molecule has 4 rings (SSSR count). The molecule has 0 fully saturated rings. The van der Waals surface area contributed by atoms with Crippen molar-refractivity contribution in [1.29, 1.82) is 0 Å². The lowest BCUT2D eigenvalue weighted by molar-refractivity contribution is -0.122. The van der Waals surface area contributed by atoms with Gasteiger partial charge in [-0.1, -0.05) is 12.1 Å². The number of carbonyl (C=O) groups is 2. The number of halogens is 3. The van der Waals surface area contributed by atoms with E-state index in [2.05, 4.69) is 20.5 Å². The Hall–Kier alpha value is -3.82. The fourth-order valence-corrected chi connectivity index (χ4v) is 3.64. The molecular weight excluding hydrogens is 423 g/mol. The summed E-state index contributed by atoms with van der Waals surface area (Å²) in [5.41, 5.74) is 1.38. The van der Waals surface area contributed by atoms with E-state index in [9.17, 15) is 22.8 Å².